The van der Waals surface area contributed by atoms with Gasteiger partial charge in [0, 0.05) is 16.7 Å². The van der Waals surface area contributed by atoms with E-state index < -0.39 is 11.6 Å². The molecule has 0 spiro atoms. The Bertz CT molecular complexity index is 974. The van der Waals surface area contributed by atoms with E-state index in [1.807, 2.05) is 0 Å². The number of ether oxygens (including phenoxy) is 2. The number of hydrogen-bond acceptors (Lipinski definition) is 2. The van der Waals surface area contributed by atoms with Gasteiger partial charge in [-0.2, -0.15) is 0 Å². The molecule has 4 radical (unpaired) electrons. The fourth-order valence-corrected chi connectivity index (χ4v) is 2.86. The Hall–Kier alpha value is -2.75. The molecule has 0 amide bonds. The maximum Gasteiger partial charge on any atom is 0.142 e. The normalized spacial score (nSPS) is 10.6. The van der Waals surface area contributed by atoms with Gasteiger partial charge in [0.1, 0.15) is 38.8 Å². The molecular formula is C20H14B2F2O2. The summed E-state index contributed by atoms with van der Waals surface area (Å²) in [6, 6.07) is 12.0. The van der Waals surface area contributed by atoms with Crippen LogP contribution >= 0.6 is 0 Å². The summed E-state index contributed by atoms with van der Waals surface area (Å²) in [6.07, 6.45) is 0. The molecule has 3 rings (SSSR count). The molecule has 0 atom stereocenters. The maximum absolute atomic E-state index is 15.4. The maximum atomic E-state index is 15.4. The summed E-state index contributed by atoms with van der Waals surface area (Å²) >= 11 is 0. The molecule has 3 aromatic rings. The van der Waals surface area contributed by atoms with E-state index in [1.54, 1.807) is 30.3 Å². The van der Waals surface area contributed by atoms with E-state index >= 15 is 4.39 Å². The van der Waals surface area contributed by atoms with Crippen LogP contribution in [0.3, 0.4) is 0 Å². The molecule has 0 N–H and O–H groups in total. The van der Waals surface area contributed by atoms with Gasteiger partial charge in [-0.15, -0.1) is 0 Å². The Kier molecular flexibility index (Phi) is 5.03. The predicted octanol–water partition coefficient (Wildman–Crippen LogP) is 2.90. The van der Waals surface area contributed by atoms with Crippen LogP contribution < -0.4 is 20.4 Å². The van der Waals surface area contributed by atoms with E-state index in [0.717, 1.165) is 0 Å². The molecule has 0 saturated heterocycles. The van der Waals surface area contributed by atoms with Crippen LogP contribution in [-0.2, 0) is 0 Å². The highest BCUT2D eigenvalue weighted by Crippen LogP contribution is 2.39. The molecule has 2 nitrogen and oxygen atoms in total. The SMILES string of the molecule is [B]c1ccc(OC)c(-c2ccc(F)c(-c3cc([B])ccc3OC)c2F)c1. The minimum atomic E-state index is -0.752. The van der Waals surface area contributed by atoms with Crippen LogP contribution in [0.1, 0.15) is 0 Å². The Morgan fingerprint density at radius 3 is 1.81 bits per heavy atom. The van der Waals surface area contributed by atoms with Crippen molar-refractivity contribution in [1.29, 1.82) is 0 Å². The molecular weight excluding hydrogens is 332 g/mol. The number of methoxy groups -OCH3 is 2. The number of hydrogen-bond donors (Lipinski definition) is 0. The average molecular weight is 346 g/mol. The number of benzene rings is 3. The van der Waals surface area contributed by atoms with Gasteiger partial charge in [0.15, 0.2) is 0 Å². The van der Waals surface area contributed by atoms with Gasteiger partial charge in [0.05, 0.1) is 19.8 Å². The van der Waals surface area contributed by atoms with Crippen molar-refractivity contribution in [3.8, 4) is 33.8 Å². The largest absolute Gasteiger partial charge is 0.496 e. The molecule has 0 bridgehead atoms. The van der Waals surface area contributed by atoms with Gasteiger partial charge in [-0.1, -0.05) is 35.2 Å². The van der Waals surface area contributed by atoms with E-state index in [0.29, 0.717) is 28.0 Å². The van der Waals surface area contributed by atoms with Crippen LogP contribution in [0.25, 0.3) is 22.3 Å². The first-order valence-electron chi connectivity index (χ1n) is 7.82. The first kappa shape index (κ1) is 18.1. The molecule has 3 aromatic carbocycles. The van der Waals surface area contributed by atoms with Crippen molar-refractivity contribution in [2.45, 2.75) is 0 Å². The van der Waals surface area contributed by atoms with Gasteiger partial charge >= 0.3 is 0 Å². The van der Waals surface area contributed by atoms with E-state index in [-0.39, 0.29) is 16.7 Å². The van der Waals surface area contributed by atoms with E-state index in [9.17, 15) is 4.39 Å². The standard InChI is InChI=1S/C20H14B2F2O2/c1-25-17-7-3-11(21)9-14(17)13-5-6-16(23)19(20(13)24)15-10-12(22)4-8-18(15)26-2/h3-10H,1-2H3. The van der Waals surface area contributed by atoms with Crippen molar-refractivity contribution in [3.63, 3.8) is 0 Å². The van der Waals surface area contributed by atoms with Gasteiger partial charge in [0.25, 0.3) is 0 Å². The van der Waals surface area contributed by atoms with Crippen molar-refractivity contribution in [2.24, 2.45) is 0 Å². The molecule has 6 heteroatoms. The second-order valence-electron chi connectivity index (χ2n) is 5.70. The van der Waals surface area contributed by atoms with Gasteiger partial charge < -0.3 is 9.47 Å². The summed E-state index contributed by atoms with van der Waals surface area (Å²) in [6.45, 7) is 0. The van der Waals surface area contributed by atoms with Crippen LogP contribution in [0, 0.1) is 11.6 Å². The molecule has 0 unspecified atom stereocenters. The number of rotatable bonds is 4. The minimum Gasteiger partial charge on any atom is -0.496 e. The molecule has 0 aliphatic carbocycles. The second-order valence-corrected chi connectivity index (χ2v) is 5.70. The average Bonchev–Trinajstić information content (AvgIpc) is 2.62. The highest BCUT2D eigenvalue weighted by Gasteiger charge is 2.21. The van der Waals surface area contributed by atoms with Crippen molar-refractivity contribution in [2.75, 3.05) is 14.2 Å². The highest BCUT2D eigenvalue weighted by atomic mass is 19.1. The lowest BCUT2D eigenvalue weighted by Gasteiger charge is -2.16. The van der Waals surface area contributed by atoms with Gasteiger partial charge in [0.2, 0.25) is 0 Å². The zero-order valence-corrected chi connectivity index (χ0v) is 14.3. The second kappa shape index (κ2) is 7.24. The first-order chi connectivity index (χ1) is 12.5. The summed E-state index contributed by atoms with van der Waals surface area (Å²) in [4.78, 5) is 0. The van der Waals surface area contributed by atoms with Crippen molar-refractivity contribution < 1.29 is 18.3 Å². The van der Waals surface area contributed by atoms with Crippen LogP contribution in [0.4, 0.5) is 8.78 Å². The van der Waals surface area contributed by atoms with Gasteiger partial charge in [-0.25, -0.2) is 8.78 Å². The third-order valence-electron chi connectivity index (χ3n) is 4.10. The van der Waals surface area contributed by atoms with Crippen molar-refractivity contribution in [1.82, 2.24) is 0 Å². The van der Waals surface area contributed by atoms with Gasteiger partial charge in [-0.05, 0) is 24.3 Å². The Labute approximate surface area is 153 Å². The van der Waals surface area contributed by atoms with E-state index in [2.05, 4.69) is 0 Å². The highest BCUT2D eigenvalue weighted by molar-refractivity contribution is 6.33. The molecule has 0 heterocycles. The predicted molar refractivity (Wildman–Crippen MR) is 101 cm³/mol. The fraction of sp³-hybridized carbons (Fsp3) is 0.100. The smallest absolute Gasteiger partial charge is 0.142 e. The van der Waals surface area contributed by atoms with Crippen molar-refractivity contribution in [3.05, 3.63) is 60.2 Å². The van der Waals surface area contributed by atoms with Crippen molar-refractivity contribution >= 4 is 26.6 Å². The minimum absolute atomic E-state index is 0.162. The third-order valence-corrected chi connectivity index (χ3v) is 4.10. The lowest BCUT2D eigenvalue weighted by atomic mass is 9.88. The van der Waals surface area contributed by atoms with Gasteiger partial charge in [-0.3, -0.25) is 0 Å². The molecule has 0 aromatic heterocycles. The summed E-state index contributed by atoms with van der Waals surface area (Å²) in [5.74, 6) is -0.736. The Morgan fingerprint density at radius 2 is 1.23 bits per heavy atom. The molecule has 0 aliphatic heterocycles. The first-order valence-corrected chi connectivity index (χ1v) is 7.82. The summed E-state index contributed by atoms with van der Waals surface area (Å²) in [5, 5.41) is 0. The Balaban J connectivity index is 2.30. The zero-order chi connectivity index (χ0) is 18.8. The summed E-state index contributed by atoms with van der Waals surface area (Å²) in [5.41, 5.74) is 1.40. The van der Waals surface area contributed by atoms with E-state index in [4.69, 9.17) is 25.2 Å². The number of halogens is 2. The van der Waals surface area contributed by atoms with Crippen LogP contribution in [0.2, 0.25) is 0 Å². The van der Waals surface area contributed by atoms with Crippen LogP contribution in [0.5, 0.6) is 11.5 Å². The molecule has 126 valence electrons. The fourth-order valence-electron chi connectivity index (χ4n) is 2.86. The molecule has 0 saturated carbocycles. The Morgan fingerprint density at radius 1 is 0.692 bits per heavy atom. The third kappa shape index (κ3) is 3.19. The molecule has 26 heavy (non-hydrogen) atoms. The quantitative estimate of drug-likeness (QED) is 0.677. The lowest BCUT2D eigenvalue weighted by molar-refractivity contribution is 0.415. The lowest BCUT2D eigenvalue weighted by Crippen LogP contribution is -2.06. The monoisotopic (exact) mass is 346 g/mol. The van der Waals surface area contributed by atoms with Crippen LogP contribution in [0.15, 0.2) is 48.5 Å². The molecule has 0 aliphatic rings. The summed E-state index contributed by atoms with van der Waals surface area (Å²) < 4.78 is 40.4. The molecule has 0 fully saturated rings. The summed E-state index contributed by atoms with van der Waals surface area (Å²) in [7, 11) is 14.5. The van der Waals surface area contributed by atoms with E-state index in [1.165, 1.54) is 32.4 Å². The van der Waals surface area contributed by atoms with Crippen LogP contribution in [-0.4, -0.2) is 29.9 Å². The topological polar surface area (TPSA) is 18.5 Å². The zero-order valence-electron chi connectivity index (χ0n) is 14.3.